The van der Waals surface area contributed by atoms with Gasteiger partial charge in [-0.3, -0.25) is 0 Å². The number of hydrogen-bond acceptors (Lipinski definition) is 1. The summed E-state index contributed by atoms with van der Waals surface area (Å²) >= 11 is 6.13. The molecular weight excluding hydrogens is 254 g/mol. The number of halogens is 1. The molecule has 2 aromatic carbocycles. The van der Waals surface area contributed by atoms with E-state index in [9.17, 15) is 0 Å². The maximum atomic E-state index is 6.13. The molecule has 0 N–H and O–H groups in total. The molecule has 1 nitrogen and oxygen atoms in total. The van der Waals surface area contributed by atoms with E-state index < -0.39 is 0 Å². The van der Waals surface area contributed by atoms with Crippen LogP contribution in [0, 0.1) is 20.8 Å². The Labute approximate surface area is 119 Å². The Morgan fingerprint density at radius 1 is 0.842 bits per heavy atom. The number of fused-ring (bicyclic) bond motifs is 1. The van der Waals surface area contributed by atoms with Gasteiger partial charge in [-0.2, -0.15) is 0 Å². The fraction of sp³-hybridized carbons (Fsp3) is 0.294. The van der Waals surface area contributed by atoms with E-state index in [4.69, 9.17) is 11.6 Å². The van der Waals surface area contributed by atoms with Crippen molar-refractivity contribution in [3.63, 3.8) is 0 Å². The molecule has 19 heavy (non-hydrogen) atoms. The molecule has 1 heterocycles. The Morgan fingerprint density at radius 3 is 2.00 bits per heavy atom. The van der Waals surface area contributed by atoms with Crippen LogP contribution in [0.5, 0.6) is 0 Å². The molecule has 0 radical (unpaired) electrons. The Kier molecular flexibility index (Phi) is 3.02. The molecule has 0 fully saturated rings. The molecule has 2 aromatic rings. The number of benzene rings is 2. The van der Waals surface area contributed by atoms with Gasteiger partial charge in [0.15, 0.2) is 0 Å². The lowest BCUT2D eigenvalue weighted by atomic mass is 10.0. The van der Waals surface area contributed by atoms with Gasteiger partial charge >= 0.3 is 0 Å². The first-order valence-electron chi connectivity index (χ1n) is 6.64. The summed E-state index contributed by atoms with van der Waals surface area (Å²) in [4.78, 5) is 2.41. The van der Waals surface area contributed by atoms with Crippen LogP contribution < -0.4 is 4.90 Å². The zero-order valence-electron chi connectivity index (χ0n) is 11.6. The predicted octanol–water partition coefficient (Wildman–Crippen LogP) is 4.79. The lowest BCUT2D eigenvalue weighted by Gasteiger charge is -2.20. The lowest BCUT2D eigenvalue weighted by molar-refractivity contribution is 0.875. The largest absolute Gasteiger partial charge is 0.363 e. The minimum Gasteiger partial charge on any atom is -0.363 e. The van der Waals surface area contributed by atoms with Crippen molar-refractivity contribution in [2.45, 2.75) is 33.9 Å². The van der Waals surface area contributed by atoms with Gasteiger partial charge in [0, 0.05) is 23.8 Å². The van der Waals surface area contributed by atoms with Gasteiger partial charge in [-0.05, 0) is 60.7 Å². The summed E-state index contributed by atoms with van der Waals surface area (Å²) < 4.78 is 0. The molecule has 1 aliphatic rings. The smallest absolute Gasteiger partial charge is 0.0436 e. The number of nitrogens with zero attached hydrogens (tertiary/aromatic N) is 1. The minimum atomic E-state index is 0.809. The second kappa shape index (κ2) is 4.57. The molecule has 98 valence electrons. The van der Waals surface area contributed by atoms with E-state index in [0.29, 0.717) is 0 Å². The second-order valence-corrected chi connectivity index (χ2v) is 5.93. The molecule has 0 aromatic heterocycles. The van der Waals surface area contributed by atoms with Crippen LogP contribution in [0.3, 0.4) is 0 Å². The van der Waals surface area contributed by atoms with E-state index in [1.807, 2.05) is 6.07 Å². The van der Waals surface area contributed by atoms with Crippen LogP contribution in [0.25, 0.3) is 0 Å². The SMILES string of the molecule is Cc1cc2c(cc1C)CN(c1cc(Cl)ccc1C)C2. The van der Waals surface area contributed by atoms with Gasteiger partial charge in [0.05, 0.1) is 0 Å². The van der Waals surface area contributed by atoms with E-state index >= 15 is 0 Å². The standard InChI is InChI=1S/C17H18ClN/c1-11-4-5-16(18)8-17(11)19-9-14-6-12(2)13(3)7-15(14)10-19/h4-8H,9-10H2,1-3H3. The third-order valence-electron chi connectivity index (χ3n) is 4.05. The molecule has 2 heteroatoms. The van der Waals surface area contributed by atoms with Crippen LogP contribution in [-0.4, -0.2) is 0 Å². The normalized spacial score (nSPS) is 13.8. The monoisotopic (exact) mass is 271 g/mol. The minimum absolute atomic E-state index is 0.809. The summed E-state index contributed by atoms with van der Waals surface area (Å²) in [6.45, 7) is 8.48. The highest BCUT2D eigenvalue weighted by Gasteiger charge is 2.21. The summed E-state index contributed by atoms with van der Waals surface area (Å²) in [5.74, 6) is 0. The van der Waals surface area contributed by atoms with Crippen molar-refractivity contribution in [3.8, 4) is 0 Å². The van der Waals surface area contributed by atoms with E-state index in [1.54, 1.807) is 0 Å². The van der Waals surface area contributed by atoms with Crippen molar-refractivity contribution in [1.29, 1.82) is 0 Å². The zero-order chi connectivity index (χ0) is 13.6. The summed E-state index contributed by atoms with van der Waals surface area (Å²) in [5.41, 5.74) is 8.18. The Balaban J connectivity index is 1.97. The number of aryl methyl sites for hydroxylation is 3. The van der Waals surface area contributed by atoms with Crippen molar-refractivity contribution in [2.24, 2.45) is 0 Å². The molecule has 0 saturated heterocycles. The van der Waals surface area contributed by atoms with Crippen LogP contribution in [0.4, 0.5) is 5.69 Å². The van der Waals surface area contributed by atoms with Crippen molar-refractivity contribution in [1.82, 2.24) is 0 Å². The van der Waals surface area contributed by atoms with Crippen LogP contribution in [0.2, 0.25) is 5.02 Å². The highest BCUT2D eigenvalue weighted by atomic mass is 35.5. The van der Waals surface area contributed by atoms with E-state index in [2.05, 4.69) is 49.9 Å². The first kappa shape index (κ1) is 12.6. The van der Waals surface area contributed by atoms with Crippen molar-refractivity contribution in [3.05, 3.63) is 63.2 Å². The average Bonchev–Trinajstić information content (AvgIpc) is 2.75. The number of anilines is 1. The number of hydrogen-bond donors (Lipinski definition) is 0. The summed E-state index contributed by atoms with van der Waals surface area (Å²) in [7, 11) is 0. The zero-order valence-corrected chi connectivity index (χ0v) is 12.4. The lowest BCUT2D eigenvalue weighted by Crippen LogP contribution is -2.15. The third kappa shape index (κ3) is 2.23. The van der Waals surface area contributed by atoms with Gasteiger partial charge in [-0.25, -0.2) is 0 Å². The fourth-order valence-electron chi connectivity index (χ4n) is 2.79. The molecule has 0 saturated carbocycles. The van der Waals surface area contributed by atoms with Crippen molar-refractivity contribution in [2.75, 3.05) is 4.90 Å². The van der Waals surface area contributed by atoms with E-state index in [1.165, 1.54) is 33.5 Å². The maximum Gasteiger partial charge on any atom is 0.0436 e. The van der Waals surface area contributed by atoms with Crippen LogP contribution in [-0.2, 0) is 13.1 Å². The van der Waals surface area contributed by atoms with Crippen molar-refractivity contribution < 1.29 is 0 Å². The second-order valence-electron chi connectivity index (χ2n) is 5.49. The first-order chi connectivity index (χ1) is 9.04. The molecular formula is C17H18ClN. The molecule has 0 amide bonds. The summed E-state index contributed by atoms with van der Waals surface area (Å²) in [5, 5.41) is 0.809. The average molecular weight is 272 g/mol. The number of rotatable bonds is 1. The Bertz CT molecular complexity index is 615. The van der Waals surface area contributed by atoms with Crippen LogP contribution in [0.15, 0.2) is 30.3 Å². The van der Waals surface area contributed by atoms with Crippen LogP contribution >= 0.6 is 11.6 Å². The first-order valence-corrected chi connectivity index (χ1v) is 7.02. The highest BCUT2D eigenvalue weighted by molar-refractivity contribution is 6.30. The topological polar surface area (TPSA) is 3.24 Å². The molecule has 1 aliphatic heterocycles. The van der Waals surface area contributed by atoms with Gasteiger partial charge in [0.1, 0.15) is 0 Å². The van der Waals surface area contributed by atoms with Crippen molar-refractivity contribution >= 4 is 17.3 Å². The molecule has 0 bridgehead atoms. The maximum absolute atomic E-state index is 6.13. The molecule has 0 aliphatic carbocycles. The Hall–Kier alpha value is -1.47. The summed E-state index contributed by atoms with van der Waals surface area (Å²) in [6.07, 6.45) is 0. The van der Waals surface area contributed by atoms with Gasteiger partial charge in [-0.15, -0.1) is 0 Å². The van der Waals surface area contributed by atoms with E-state index in [0.717, 1.165) is 18.1 Å². The molecule has 0 atom stereocenters. The fourth-order valence-corrected chi connectivity index (χ4v) is 2.96. The Morgan fingerprint density at radius 2 is 1.42 bits per heavy atom. The molecule has 0 spiro atoms. The molecule has 3 rings (SSSR count). The molecule has 0 unspecified atom stereocenters. The predicted molar refractivity (Wildman–Crippen MR) is 82.0 cm³/mol. The third-order valence-corrected chi connectivity index (χ3v) is 4.29. The van der Waals surface area contributed by atoms with E-state index in [-0.39, 0.29) is 0 Å². The van der Waals surface area contributed by atoms with Crippen LogP contribution in [0.1, 0.15) is 27.8 Å². The quantitative estimate of drug-likeness (QED) is 0.721. The summed E-state index contributed by atoms with van der Waals surface area (Å²) in [6, 6.07) is 10.8. The van der Waals surface area contributed by atoms with Gasteiger partial charge in [0.2, 0.25) is 0 Å². The van der Waals surface area contributed by atoms with Gasteiger partial charge in [-0.1, -0.05) is 29.8 Å². The van der Waals surface area contributed by atoms with Gasteiger partial charge in [0.25, 0.3) is 0 Å². The van der Waals surface area contributed by atoms with Gasteiger partial charge < -0.3 is 4.90 Å². The highest BCUT2D eigenvalue weighted by Crippen LogP contribution is 2.33.